The Labute approximate surface area is 90.6 Å². The van der Waals surface area contributed by atoms with Gasteiger partial charge in [0.25, 0.3) is 6.47 Å². The molecule has 0 saturated heterocycles. The molecule has 1 rings (SSSR count). The minimum Gasteiger partial charge on any atom is -0.468 e. The maximum atomic E-state index is 9.83. The maximum Gasteiger partial charge on any atom is 0.293 e. The average molecular weight is 204 g/mol. The van der Waals surface area contributed by atoms with Crippen LogP contribution in [0.1, 0.15) is 18.4 Å². The first-order valence-electron chi connectivity index (χ1n) is 5.17. The van der Waals surface area contributed by atoms with Crippen LogP contribution in [0.5, 0.6) is 0 Å². The fourth-order valence-electron chi connectivity index (χ4n) is 1.31. The van der Waals surface area contributed by atoms with Gasteiger partial charge in [-0.2, -0.15) is 0 Å². The molecule has 0 aliphatic carbocycles. The van der Waals surface area contributed by atoms with Crippen molar-refractivity contribution in [2.75, 3.05) is 6.61 Å². The predicted molar refractivity (Wildman–Crippen MR) is 60.5 cm³/mol. The van der Waals surface area contributed by atoms with Gasteiger partial charge < -0.3 is 4.74 Å². The lowest BCUT2D eigenvalue weighted by atomic mass is 10.1. The molecule has 0 saturated carbocycles. The molecule has 2 nitrogen and oxygen atoms in total. The monoisotopic (exact) mass is 204 g/mol. The fourth-order valence-corrected chi connectivity index (χ4v) is 1.31. The van der Waals surface area contributed by atoms with E-state index in [1.54, 1.807) is 0 Å². The Kier molecular flexibility index (Phi) is 5.98. The molecule has 1 aromatic rings. The van der Waals surface area contributed by atoms with Crippen LogP contribution >= 0.6 is 0 Å². The summed E-state index contributed by atoms with van der Waals surface area (Å²) in [6.45, 7) is 0.961. The van der Waals surface area contributed by atoms with E-state index in [0.29, 0.717) is 13.1 Å². The second-order valence-electron chi connectivity index (χ2n) is 3.25. The zero-order valence-electron chi connectivity index (χ0n) is 8.76. The van der Waals surface area contributed by atoms with Gasteiger partial charge in [0.1, 0.15) is 0 Å². The lowest BCUT2D eigenvalue weighted by Crippen LogP contribution is -1.88. The van der Waals surface area contributed by atoms with Gasteiger partial charge in [0.15, 0.2) is 0 Å². The van der Waals surface area contributed by atoms with Crippen molar-refractivity contribution in [3.8, 4) is 0 Å². The Morgan fingerprint density at radius 3 is 2.53 bits per heavy atom. The van der Waals surface area contributed by atoms with E-state index in [-0.39, 0.29) is 0 Å². The van der Waals surface area contributed by atoms with Gasteiger partial charge in [0.05, 0.1) is 6.61 Å². The van der Waals surface area contributed by atoms with E-state index in [4.69, 9.17) is 0 Å². The summed E-state index contributed by atoms with van der Waals surface area (Å²) in [7, 11) is 0. The highest BCUT2D eigenvalue weighted by molar-refractivity contribution is 5.36. The molecule has 15 heavy (non-hydrogen) atoms. The number of carbonyl (C=O) groups is 1. The van der Waals surface area contributed by atoms with Gasteiger partial charge in [-0.05, 0) is 24.8 Å². The molecule has 0 amide bonds. The van der Waals surface area contributed by atoms with E-state index in [2.05, 4.69) is 35.1 Å². The van der Waals surface area contributed by atoms with Crippen LogP contribution in [0.15, 0.2) is 42.5 Å². The lowest BCUT2D eigenvalue weighted by molar-refractivity contribution is -0.128. The number of aryl methyl sites for hydroxylation is 1. The van der Waals surface area contributed by atoms with E-state index in [1.165, 1.54) is 5.56 Å². The van der Waals surface area contributed by atoms with Crippen molar-refractivity contribution >= 4 is 6.47 Å². The Balaban J connectivity index is 2.08. The van der Waals surface area contributed by atoms with E-state index >= 15 is 0 Å². The molecular weight excluding hydrogens is 188 g/mol. The Morgan fingerprint density at radius 1 is 1.07 bits per heavy atom. The third-order valence-electron chi connectivity index (χ3n) is 2.08. The topological polar surface area (TPSA) is 26.3 Å². The molecule has 0 bridgehead atoms. The minimum absolute atomic E-state index is 0.478. The summed E-state index contributed by atoms with van der Waals surface area (Å²) >= 11 is 0. The first-order valence-corrected chi connectivity index (χ1v) is 5.17. The first-order chi connectivity index (χ1) is 7.43. The molecule has 1 aromatic carbocycles. The van der Waals surface area contributed by atoms with Crippen molar-refractivity contribution in [2.24, 2.45) is 0 Å². The van der Waals surface area contributed by atoms with Crippen LogP contribution < -0.4 is 0 Å². The third kappa shape index (κ3) is 5.68. The average Bonchev–Trinajstić information content (AvgIpc) is 2.29. The van der Waals surface area contributed by atoms with Gasteiger partial charge in [0, 0.05) is 0 Å². The highest BCUT2D eigenvalue weighted by Crippen LogP contribution is 2.02. The van der Waals surface area contributed by atoms with Crippen molar-refractivity contribution in [3.05, 3.63) is 48.0 Å². The molecular formula is C13H16O2. The van der Waals surface area contributed by atoms with Crippen LogP contribution in [0.25, 0.3) is 0 Å². The maximum absolute atomic E-state index is 9.83. The summed E-state index contributed by atoms with van der Waals surface area (Å²) in [6, 6.07) is 10.4. The van der Waals surface area contributed by atoms with Crippen molar-refractivity contribution < 1.29 is 9.53 Å². The molecule has 0 atom stereocenters. The Bertz CT molecular complexity index is 291. The number of hydrogen-bond acceptors (Lipinski definition) is 2. The van der Waals surface area contributed by atoms with Crippen LogP contribution in [0.3, 0.4) is 0 Å². The Hall–Kier alpha value is -1.57. The van der Waals surface area contributed by atoms with E-state index < -0.39 is 0 Å². The first kappa shape index (κ1) is 11.5. The van der Waals surface area contributed by atoms with Crippen LogP contribution in [0.2, 0.25) is 0 Å². The van der Waals surface area contributed by atoms with Crippen molar-refractivity contribution in [3.63, 3.8) is 0 Å². The summed E-state index contributed by atoms with van der Waals surface area (Å²) in [5.74, 6) is 0. The van der Waals surface area contributed by atoms with Gasteiger partial charge in [-0.1, -0.05) is 42.5 Å². The number of allylic oxidation sites excluding steroid dienone is 1. The van der Waals surface area contributed by atoms with E-state index in [0.717, 1.165) is 19.3 Å². The van der Waals surface area contributed by atoms with Crippen molar-refractivity contribution in [1.29, 1.82) is 0 Å². The van der Waals surface area contributed by atoms with Crippen LogP contribution in [0, 0.1) is 0 Å². The SMILES string of the molecule is O=COCCC=CCCc1ccccc1. The van der Waals surface area contributed by atoms with Gasteiger partial charge in [-0.3, -0.25) is 4.79 Å². The molecule has 0 N–H and O–H groups in total. The van der Waals surface area contributed by atoms with Gasteiger partial charge >= 0.3 is 0 Å². The molecule has 0 aliphatic heterocycles. The molecule has 0 aliphatic rings. The molecule has 0 aromatic heterocycles. The van der Waals surface area contributed by atoms with Gasteiger partial charge in [-0.15, -0.1) is 0 Å². The highest BCUT2D eigenvalue weighted by atomic mass is 16.5. The van der Waals surface area contributed by atoms with Crippen LogP contribution in [0.4, 0.5) is 0 Å². The molecule has 0 unspecified atom stereocenters. The van der Waals surface area contributed by atoms with E-state index in [9.17, 15) is 4.79 Å². The number of benzene rings is 1. The summed E-state index contributed by atoms with van der Waals surface area (Å²) in [6.07, 6.45) is 7.07. The Morgan fingerprint density at radius 2 is 1.80 bits per heavy atom. The number of hydrogen-bond donors (Lipinski definition) is 0. The third-order valence-corrected chi connectivity index (χ3v) is 2.08. The smallest absolute Gasteiger partial charge is 0.293 e. The van der Waals surface area contributed by atoms with Crippen LogP contribution in [-0.4, -0.2) is 13.1 Å². The fraction of sp³-hybridized carbons (Fsp3) is 0.308. The number of rotatable bonds is 7. The summed E-state index contributed by atoms with van der Waals surface area (Å²) in [4.78, 5) is 9.83. The summed E-state index contributed by atoms with van der Waals surface area (Å²) in [5.41, 5.74) is 1.35. The molecule has 2 heteroatoms. The van der Waals surface area contributed by atoms with E-state index in [1.807, 2.05) is 12.1 Å². The minimum atomic E-state index is 0.478. The molecule has 0 radical (unpaired) electrons. The van der Waals surface area contributed by atoms with Crippen molar-refractivity contribution in [2.45, 2.75) is 19.3 Å². The van der Waals surface area contributed by atoms with Crippen molar-refractivity contribution in [1.82, 2.24) is 0 Å². The summed E-state index contributed by atoms with van der Waals surface area (Å²) < 4.78 is 4.57. The molecule has 80 valence electrons. The quantitative estimate of drug-likeness (QED) is 0.388. The zero-order valence-corrected chi connectivity index (χ0v) is 8.76. The normalized spacial score (nSPS) is 10.4. The second kappa shape index (κ2) is 7.80. The number of ether oxygens (including phenoxy) is 1. The molecule has 0 fully saturated rings. The number of carbonyl (C=O) groups excluding carboxylic acids is 1. The predicted octanol–water partition coefficient (Wildman–Crippen LogP) is 2.74. The van der Waals surface area contributed by atoms with Gasteiger partial charge in [-0.25, -0.2) is 0 Å². The molecule has 0 spiro atoms. The highest BCUT2D eigenvalue weighted by Gasteiger charge is 1.87. The zero-order chi connectivity index (χ0) is 10.8. The molecule has 0 heterocycles. The summed E-state index contributed by atoms with van der Waals surface area (Å²) in [5, 5.41) is 0. The van der Waals surface area contributed by atoms with Gasteiger partial charge in [0.2, 0.25) is 0 Å². The standard InChI is InChI=1S/C13H16O2/c14-12-15-11-7-2-1-4-8-13-9-5-3-6-10-13/h1-3,5-6,9-10,12H,4,7-8,11H2. The van der Waals surface area contributed by atoms with Crippen LogP contribution in [-0.2, 0) is 16.0 Å². The second-order valence-corrected chi connectivity index (χ2v) is 3.25. The largest absolute Gasteiger partial charge is 0.468 e. The lowest BCUT2D eigenvalue weighted by Gasteiger charge is -1.96.